The predicted molar refractivity (Wildman–Crippen MR) is 41.7 cm³/mol. The lowest BCUT2D eigenvalue weighted by Crippen LogP contribution is -2.03. The molecule has 0 radical (unpaired) electrons. The highest BCUT2D eigenvalue weighted by Crippen LogP contribution is 2.06. The molecule has 4 heteroatoms. The van der Waals surface area contributed by atoms with Crippen molar-refractivity contribution < 1.29 is 9.59 Å². The lowest BCUT2D eigenvalue weighted by atomic mass is 10.2. The number of ketones is 2. The first-order valence-corrected chi connectivity index (χ1v) is 4.00. The van der Waals surface area contributed by atoms with Crippen LogP contribution < -0.4 is 0 Å². The van der Waals surface area contributed by atoms with E-state index in [1.54, 1.807) is 11.6 Å². The summed E-state index contributed by atoms with van der Waals surface area (Å²) < 4.78 is 0. The number of carbonyl (C=O) groups is 2. The molecule has 1 aromatic rings. The molecule has 0 fully saturated rings. The van der Waals surface area contributed by atoms with Crippen molar-refractivity contribution in [1.82, 2.24) is 4.98 Å². The van der Waals surface area contributed by atoms with Crippen molar-refractivity contribution in [3.8, 4) is 0 Å². The zero-order chi connectivity index (χ0) is 8.27. The molecule has 0 bridgehead atoms. The zero-order valence-electron chi connectivity index (χ0n) is 6.03. The average molecular weight is 169 g/mol. The number of carbonyl (C=O) groups excluding carboxylic acids is 2. The van der Waals surface area contributed by atoms with Crippen molar-refractivity contribution in [2.24, 2.45) is 0 Å². The molecule has 0 spiro atoms. The second kappa shape index (κ2) is 3.39. The molecule has 0 saturated heterocycles. The summed E-state index contributed by atoms with van der Waals surface area (Å²) in [6.45, 7) is 1.39. The molecule has 3 nitrogen and oxygen atoms in total. The van der Waals surface area contributed by atoms with E-state index in [4.69, 9.17) is 0 Å². The Labute approximate surface area is 68.1 Å². The van der Waals surface area contributed by atoms with Crippen LogP contribution in [-0.4, -0.2) is 16.6 Å². The van der Waals surface area contributed by atoms with Gasteiger partial charge in [-0.25, -0.2) is 4.98 Å². The molecule has 0 amide bonds. The van der Waals surface area contributed by atoms with Gasteiger partial charge in [0.25, 0.3) is 0 Å². The lowest BCUT2D eigenvalue weighted by molar-refractivity contribution is -0.116. The maximum Gasteiger partial charge on any atom is 0.198 e. The number of hydrogen-bond acceptors (Lipinski definition) is 4. The summed E-state index contributed by atoms with van der Waals surface area (Å²) in [5.74, 6) is -0.308. The van der Waals surface area contributed by atoms with E-state index >= 15 is 0 Å². The molecule has 0 atom stereocenters. The molecule has 0 aliphatic heterocycles. The minimum Gasteiger partial charge on any atom is -0.300 e. The maximum absolute atomic E-state index is 11.0. The summed E-state index contributed by atoms with van der Waals surface area (Å²) >= 11 is 1.26. The molecule has 1 heterocycles. The summed E-state index contributed by atoms with van der Waals surface area (Å²) in [6, 6.07) is 0. The molecule has 11 heavy (non-hydrogen) atoms. The summed E-state index contributed by atoms with van der Waals surface area (Å²) in [6.07, 6.45) is 1.52. The standard InChI is InChI=1S/C7H7NO2S/c1-5(9)4-6(10)7-8-2-3-11-7/h2-3H,4H2,1H3. The Morgan fingerprint density at radius 1 is 1.64 bits per heavy atom. The van der Waals surface area contributed by atoms with Gasteiger partial charge in [0.15, 0.2) is 10.8 Å². The topological polar surface area (TPSA) is 47.0 Å². The fraction of sp³-hybridized carbons (Fsp3) is 0.286. The van der Waals surface area contributed by atoms with Crippen molar-refractivity contribution >= 4 is 22.9 Å². The third-order valence-electron chi connectivity index (χ3n) is 1.08. The van der Waals surface area contributed by atoms with Crippen LogP contribution in [0.25, 0.3) is 0 Å². The Bertz CT molecular complexity index is 266. The summed E-state index contributed by atoms with van der Waals surface area (Å²) in [5.41, 5.74) is 0. The predicted octanol–water partition coefficient (Wildman–Crippen LogP) is 1.30. The first kappa shape index (κ1) is 8.07. The molecule has 1 rings (SSSR count). The normalized spacial score (nSPS) is 9.55. The van der Waals surface area contributed by atoms with Gasteiger partial charge in [0.1, 0.15) is 5.78 Å². The fourth-order valence-electron chi connectivity index (χ4n) is 0.663. The van der Waals surface area contributed by atoms with E-state index in [-0.39, 0.29) is 18.0 Å². The number of Topliss-reactive ketones (excluding diaryl/α,β-unsaturated/α-hetero) is 2. The lowest BCUT2D eigenvalue weighted by Gasteiger charge is -1.89. The van der Waals surface area contributed by atoms with Crippen molar-refractivity contribution in [2.75, 3.05) is 0 Å². The number of thiazole rings is 1. The van der Waals surface area contributed by atoms with E-state index < -0.39 is 0 Å². The van der Waals surface area contributed by atoms with Gasteiger partial charge in [0, 0.05) is 11.6 Å². The molecule has 0 aliphatic carbocycles. The second-order valence-corrected chi connectivity index (χ2v) is 3.03. The number of nitrogens with zero attached hydrogens (tertiary/aromatic N) is 1. The van der Waals surface area contributed by atoms with Gasteiger partial charge in [-0.1, -0.05) is 0 Å². The van der Waals surface area contributed by atoms with Crippen LogP contribution in [0, 0.1) is 0 Å². The average Bonchev–Trinajstić information content (AvgIpc) is 2.35. The first-order valence-electron chi connectivity index (χ1n) is 3.12. The molecular formula is C7H7NO2S. The van der Waals surface area contributed by atoms with E-state index in [0.717, 1.165) is 0 Å². The highest BCUT2D eigenvalue weighted by atomic mass is 32.1. The smallest absolute Gasteiger partial charge is 0.198 e. The van der Waals surface area contributed by atoms with Crippen LogP contribution in [0.3, 0.4) is 0 Å². The van der Waals surface area contributed by atoms with Crippen LogP contribution in [0.2, 0.25) is 0 Å². The van der Waals surface area contributed by atoms with Crippen molar-refractivity contribution in [3.63, 3.8) is 0 Å². The van der Waals surface area contributed by atoms with Crippen molar-refractivity contribution in [1.29, 1.82) is 0 Å². The van der Waals surface area contributed by atoms with Gasteiger partial charge in [-0.3, -0.25) is 9.59 Å². The fourth-order valence-corrected chi connectivity index (χ4v) is 1.24. The summed E-state index contributed by atoms with van der Waals surface area (Å²) in [7, 11) is 0. The van der Waals surface area contributed by atoms with Crippen LogP contribution >= 0.6 is 11.3 Å². The largest absolute Gasteiger partial charge is 0.300 e. The third kappa shape index (κ3) is 2.23. The van der Waals surface area contributed by atoms with Gasteiger partial charge in [0.05, 0.1) is 6.42 Å². The maximum atomic E-state index is 11.0. The highest BCUT2D eigenvalue weighted by Gasteiger charge is 2.09. The Morgan fingerprint density at radius 3 is 2.82 bits per heavy atom. The monoisotopic (exact) mass is 169 g/mol. The molecular weight excluding hydrogens is 162 g/mol. The molecule has 0 aromatic carbocycles. The quantitative estimate of drug-likeness (QED) is 0.506. The second-order valence-electron chi connectivity index (χ2n) is 2.14. The van der Waals surface area contributed by atoms with Gasteiger partial charge in [0.2, 0.25) is 0 Å². The molecule has 1 aromatic heterocycles. The van der Waals surface area contributed by atoms with Gasteiger partial charge in [-0.2, -0.15) is 0 Å². The Morgan fingerprint density at radius 2 is 2.36 bits per heavy atom. The van der Waals surface area contributed by atoms with Crippen LogP contribution in [0.4, 0.5) is 0 Å². The first-order chi connectivity index (χ1) is 5.20. The zero-order valence-corrected chi connectivity index (χ0v) is 6.85. The van der Waals surface area contributed by atoms with Crippen LogP contribution in [0.1, 0.15) is 23.1 Å². The van der Waals surface area contributed by atoms with Crippen LogP contribution in [-0.2, 0) is 4.79 Å². The third-order valence-corrected chi connectivity index (χ3v) is 1.89. The molecule has 58 valence electrons. The highest BCUT2D eigenvalue weighted by molar-refractivity contribution is 7.11. The molecule has 0 unspecified atom stereocenters. The number of rotatable bonds is 3. The summed E-state index contributed by atoms with van der Waals surface area (Å²) in [4.78, 5) is 25.3. The van der Waals surface area contributed by atoms with Crippen molar-refractivity contribution in [2.45, 2.75) is 13.3 Å². The van der Waals surface area contributed by atoms with E-state index in [1.807, 2.05) is 0 Å². The van der Waals surface area contributed by atoms with E-state index in [2.05, 4.69) is 4.98 Å². The molecule has 0 N–H and O–H groups in total. The molecule has 0 aliphatic rings. The summed E-state index contributed by atoms with van der Waals surface area (Å²) in [5, 5.41) is 2.13. The minimum atomic E-state index is -0.187. The SMILES string of the molecule is CC(=O)CC(=O)c1nccs1. The minimum absolute atomic E-state index is 0.0342. The van der Waals surface area contributed by atoms with E-state index in [1.165, 1.54) is 18.3 Å². The Balaban J connectivity index is 2.64. The van der Waals surface area contributed by atoms with Gasteiger partial charge in [-0.05, 0) is 6.92 Å². The van der Waals surface area contributed by atoms with Gasteiger partial charge < -0.3 is 0 Å². The van der Waals surface area contributed by atoms with Crippen molar-refractivity contribution in [3.05, 3.63) is 16.6 Å². The Hall–Kier alpha value is -1.03. The van der Waals surface area contributed by atoms with Crippen LogP contribution in [0.5, 0.6) is 0 Å². The van der Waals surface area contributed by atoms with E-state index in [0.29, 0.717) is 5.01 Å². The Kier molecular flexibility index (Phi) is 2.48. The van der Waals surface area contributed by atoms with E-state index in [9.17, 15) is 9.59 Å². The number of hydrogen-bond donors (Lipinski definition) is 0. The van der Waals surface area contributed by atoms with Gasteiger partial charge in [-0.15, -0.1) is 11.3 Å². The van der Waals surface area contributed by atoms with Crippen LogP contribution in [0.15, 0.2) is 11.6 Å². The number of aromatic nitrogens is 1. The van der Waals surface area contributed by atoms with Gasteiger partial charge >= 0.3 is 0 Å². The molecule has 0 saturated carbocycles.